The van der Waals surface area contributed by atoms with Gasteiger partial charge in [0.15, 0.2) is 11.5 Å². The molecule has 0 fully saturated rings. The van der Waals surface area contributed by atoms with E-state index in [-0.39, 0.29) is 5.56 Å². The van der Waals surface area contributed by atoms with Crippen LogP contribution in [0.3, 0.4) is 0 Å². The number of hydrogen-bond donors (Lipinski definition) is 2. The summed E-state index contributed by atoms with van der Waals surface area (Å²) in [6.07, 6.45) is 0. The second kappa shape index (κ2) is 4.45. The maximum atomic E-state index is 12.2. The summed E-state index contributed by atoms with van der Waals surface area (Å²) in [6.45, 7) is 2.03. The van der Waals surface area contributed by atoms with Crippen LogP contribution in [0.5, 0.6) is 0 Å². The van der Waals surface area contributed by atoms with Crippen LogP contribution in [-0.2, 0) is 14.1 Å². The van der Waals surface area contributed by atoms with Crippen molar-refractivity contribution in [2.75, 3.05) is 0 Å². The zero-order valence-electron chi connectivity index (χ0n) is 13.0. The average Bonchev–Trinajstić information content (AvgIpc) is 3.14. The second-order valence-electron chi connectivity index (χ2n) is 5.76. The van der Waals surface area contributed by atoms with Gasteiger partial charge in [0.1, 0.15) is 5.52 Å². The predicted octanol–water partition coefficient (Wildman–Crippen LogP) is 1.42. The molecule has 116 valence electrons. The van der Waals surface area contributed by atoms with E-state index in [4.69, 9.17) is 0 Å². The van der Waals surface area contributed by atoms with Gasteiger partial charge in [0.2, 0.25) is 0 Å². The second-order valence-corrected chi connectivity index (χ2v) is 5.76. The van der Waals surface area contributed by atoms with Crippen LogP contribution in [-0.4, -0.2) is 24.1 Å². The Bertz CT molecular complexity index is 1190. The number of aryl methyl sites for hydroxylation is 2. The molecule has 4 aromatic rings. The molecule has 0 spiro atoms. The molecule has 0 atom stereocenters. The zero-order chi connectivity index (χ0) is 16.3. The fourth-order valence-electron chi connectivity index (χ4n) is 2.82. The molecule has 7 nitrogen and oxygen atoms in total. The van der Waals surface area contributed by atoms with Crippen molar-refractivity contribution in [3.63, 3.8) is 0 Å². The summed E-state index contributed by atoms with van der Waals surface area (Å²) in [6, 6.07) is 8.09. The summed E-state index contributed by atoms with van der Waals surface area (Å²) in [5.41, 5.74) is 2.83. The van der Waals surface area contributed by atoms with Crippen molar-refractivity contribution in [2.24, 2.45) is 14.1 Å². The Hall–Kier alpha value is -3.09. The van der Waals surface area contributed by atoms with E-state index in [1.807, 2.05) is 25.1 Å². The van der Waals surface area contributed by atoms with Crippen LogP contribution in [0, 0.1) is 6.92 Å². The van der Waals surface area contributed by atoms with Crippen molar-refractivity contribution < 1.29 is 0 Å². The highest BCUT2D eigenvalue weighted by Gasteiger charge is 2.15. The van der Waals surface area contributed by atoms with Crippen LogP contribution >= 0.6 is 0 Å². The Kier molecular flexibility index (Phi) is 2.63. The van der Waals surface area contributed by atoms with Crippen molar-refractivity contribution >= 4 is 22.1 Å². The molecule has 1 aromatic carbocycles. The third-order valence-electron chi connectivity index (χ3n) is 4.13. The highest BCUT2D eigenvalue weighted by Crippen LogP contribution is 2.23. The van der Waals surface area contributed by atoms with Gasteiger partial charge in [-0.15, -0.1) is 0 Å². The Morgan fingerprint density at radius 1 is 1.04 bits per heavy atom. The summed E-state index contributed by atoms with van der Waals surface area (Å²) in [4.78, 5) is 35.0. The van der Waals surface area contributed by atoms with Gasteiger partial charge < -0.3 is 9.97 Å². The van der Waals surface area contributed by atoms with E-state index in [0.717, 1.165) is 26.7 Å². The van der Waals surface area contributed by atoms with Crippen molar-refractivity contribution in [3.05, 3.63) is 50.7 Å². The minimum absolute atomic E-state index is 0.319. The molecule has 7 heteroatoms. The third kappa shape index (κ3) is 1.86. The molecule has 0 aliphatic carbocycles. The first-order valence-electron chi connectivity index (χ1n) is 7.21. The molecular weight excluding hydrogens is 294 g/mol. The Balaban J connectivity index is 2.01. The van der Waals surface area contributed by atoms with Gasteiger partial charge >= 0.3 is 5.69 Å². The standard InChI is InChI=1S/C16H15N5O2/c1-8-4-5-9-7-11(17-10(9)6-8)13-18-12-14(19-13)20(2)16(23)21(3)15(12)22/h4-7,17H,1-3H3,(H,18,19). The number of aromatic nitrogens is 5. The molecule has 23 heavy (non-hydrogen) atoms. The highest BCUT2D eigenvalue weighted by molar-refractivity contribution is 5.86. The largest absolute Gasteiger partial charge is 0.352 e. The Morgan fingerprint density at radius 2 is 1.83 bits per heavy atom. The quantitative estimate of drug-likeness (QED) is 0.557. The fraction of sp³-hybridized carbons (Fsp3) is 0.188. The molecule has 0 amide bonds. The number of nitrogens with zero attached hydrogens (tertiary/aromatic N) is 3. The minimum atomic E-state index is -0.396. The predicted molar refractivity (Wildman–Crippen MR) is 88.6 cm³/mol. The summed E-state index contributed by atoms with van der Waals surface area (Å²) in [7, 11) is 3.06. The number of fused-ring (bicyclic) bond motifs is 2. The van der Waals surface area contributed by atoms with E-state index in [1.54, 1.807) is 7.05 Å². The molecule has 3 aromatic heterocycles. The van der Waals surface area contributed by atoms with Gasteiger partial charge in [-0.2, -0.15) is 0 Å². The van der Waals surface area contributed by atoms with Crippen molar-refractivity contribution in [1.29, 1.82) is 0 Å². The number of aromatic amines is 2. The summed E-state index contributed by atoms with van der Waals surface area (Å²) in [5, 5.41) is 1.06. The van der Waals surface area contributed by atoms with Crippen LogP contribution in [0.4, 0.5) is 0 Å². The molecule has 0 radical (unpaired) electrons. The van der Waals surface area contributed by atoms with Gasteiger partial charge in [-0.3, -0.25) is 13.9 Å². The van der Waals surface area contributed by atoms with Gasteiger partial charge in [-0.1, -0.05) is 12.1 Å². The number of imidazole rings is 1. The van der Waals surface area contributed by atoms with E-state index in [1.165, 1.54) is 11.6 Å². The van der Waals surface area contributed by atoms with E-state index in [9.17, 15) is 9.59 Å². The normalized spacial score (nSPS) is 11.6. The molecule has 0 unspecified atom stereocenters. The summed E-state index contributed by atoms with van der Waals surface area (Å²) in [5.74, 6) is 0.534. The molecule has 3 heterocycles. The number of benzene rings is 1. The third-order valence-corrected chi connectivity index (χ3v) is 4.13. The van der Waals surface area contributed by atoms with Crippen molar-refractivity contribution in [2.45, 2.75) is 6.92 Å². The first-order valence-corrected chi connectivity index (χ1v) is 7.21. The van der Waals surface area contributed by atoms with Crippen LogP contribution < -0.4 is 11.2 Å². The Labute approximate surface area is 130 Å². The molecule has 0 aliphatic heterocycles. The van der Waals surface area contributed by atoms with E-state index < -0.39 is 5.69 Å². The highest BCUT2D eigenvalue weighted by atomic mass is 16.2. The lowest BCUT2D eigenvalue weighted by atomic mass is 10.2. The molecule has 0 saturated carbocycles. The molecule has 4 rings (SSSR count). The smallest absolute Gasteiger partial charge is 0.332 e. The number of hydrogen-bond acceptors (Lipinski definition) is 3. The van der Waals surface area contributed by atoms with E-state index in [0.29, 0.717) is 17.0 Å². The Morgan fingerprint density at radius 3 is 2.61 bits per heavy atom. The van der Waals surface area contributed by atoms with Gasteiger partial charge in [0, 0.05) is 25.0 Å². The van der Waals surface area contributed by atoms with Crippen molar-refractivity contribution in [1.82, 2.24) is 24.1 Å². The number of rotatable bonds is 1. The average molecular weight is 309 g/mol. The lowest BCUT2D eigenvalue weighted by molar-refractivity contribution is 0.709. The molecule has 0 saturated heterocycles. The lowest BCUT2D eigenvalue weighted by Gasteiger charge is -2.00. The maximum absolute atomic E-state index is 12.2. The van der Waals surface area contributed by atoms with E-state index in [2.05, 4.69) is 21.0 Å². The monoisotopic (exact) mass is 309 g/mol. The maximum Gasteiger partial charge on any atom is 0.332 e. The SMILES string of the molecule is Cc1ccc2cc(-c3nc4c([nH]3)c(=O)n(C)c(=O)n4C)[nH]c2c1. The summed E-state index contributed by atoms with van der Waals surface area (Å²) < 4.78 is 2.43. The van der Waals surface area contributed by atoms with Crippen LogP contribution in [0.1, 0.15) is 5.56 Å². The topological polar surface area (TPSA) is 88.5 Å². The van der Waals surface area contributed by atoms with Crippen molar-refractivity contribution in [3.8, 4) is 11.5 Å². The first kappa shape index (κ1) is 13.6. The van der Waals surface area contributed by atoms with Crippen LogP contribution in [0.2, 0.25) is 0 Å². The van der Waals surface area contributed by atoms with Crippen LogP contribution in [0.15, 0.2) is 33.9 Å². The molecule has 2 N–H and O–H groups in total. The molecular formula is C16H15N5O2. The first-order chi connectivity index (χ1) is 11.0. The fourth-order valence-corrected chi connectivity index (χ4v) is 2.82. The van der Waals surface area contributed by atoms with Gasteiger partial charge in [-0.05, 0) is 24.6 Å². The summed E-state index contributed by atoms with van der Waals surface area (Å²) >= 11 is 0. The van der Waals surface area contributed by atoms with Gasteiger partial charge in [-0.25, -0.2) is 9.78 Å². The number of nitrogens with one attached hydrogen (secondary N) is 2. The number of H-pyrrole nitrogens is 2. The van der Waals surface area contributed by atoms with Gasteiger partial charge in [0.05, 0.1) is 5.69 Å². The van der Waals surface area contributed by atoms with Gasteiger partial charge in [0.25, 0.3) is 5.56 Å². The molecule has 0 bridgehead atoms. The lowest BCUT2D eigenvalue weighted by Crippen LogP contribution is -2.36. The molecule has 0 aliphatic rings. The zero-order valence-corrected chi connectivity index (χ0v) is 13.0. The van der Waals surface area contributed by atoms with Crippen LogP contribution in [0.25, 0.3) is 33.6 Å². The minimum Gasteiger partial charge on any atom is -0.352 e. The van der Waals surface area contributed by atoms with E-state index >= 15 is 0 Å².